The van der Waals surface area contributed by atoms with Crippen molar-refractivity contribution in [3.63, 3.8) is 0 Å². The molecule has 7 heteroatoms. The van der Waals surface area contributed by atoms with E-state index in [0.717, 1.165) is 56.4 Å². The first-order valence-electron chi connectivity index (χ1n) is 11.2. The number of nitroso groups, excluding NO2 is 1. The van der Waals surface area contributed by atoms with E-state index in [1.54, 1.807) is 0 Å². The molecule has 0 N–H and O–H groups in total. The van der Waals surface area contributed by atoms with Crippen molar-refractivity contribution >= 4 is 23.5 Å². The van der Waals surface area contributed by atoms with E-state index in [2.05, 4.69) is 19.1 Å². The number of carbonyl (C=O) groups excluding carboxylic acids is 2. The number of carbonyl (C=O) groups is 2. The number of fused-ring (bicyclic) bond motifs is 5. The average molecular weight is 425 g/mol. The molecule has 0 aromatic rings. The Balaban J connectivity index is 1.49. The molecule has 0 unspecified atom stereocenters. The van der Waals surface area contributed by atoms with Gasteiger partial charge in [0, 0.05) is 24.1 Å². The number of Topliss-reactive ketones (excluding diaryl/α,β-unsaturated/α-hetero) is 1. The fourth-order valence-electron chi connectivity index (χ4n) is 7.62. The van der Waals surface area contributed by atoms with E-state index in [4.69, 9.17) is 16.3 Å². The van der Waals surface area contributed by atoms with Crippen molar-refractivity contribution < 1.29 is 14.3 Å². The molecule has 0 spiro atoms. The van der Waals surface area contributed by atoms with Crippen molar-refractivity contribution in [3.05, 3.63) is 4.91 Å². The number of ketones is 1. The van der Waals surface area contributed by atoms with Crippen LogP contribution < -0.4 is 0 Å². The van der Waals surface area contributed by atoms with E-state index in [0.29, 0.717) is 29.5 Å². The molecule has 0 heterocycles. The Bertz CT molecular complexity index is 688. The zero-order valence-electron chi connectivity index (χ0n) is 17.6. The number of hydrogen-bond donors (Lipinski definition) is 0. The molecular formula is C22H33ClN2O4. The van der Waals surface area contributed by atoms with E-state index in [-0.39, 0.29) is 29.4 Å². The van der Waals surface area contributed by atoms with Gasteiger partial charge in [0.2, 0.25) is 0 Å². The maximum absolute atomic E-state index is 12.4. The normalized spacial score (nSPS) is 43.7. The molecule has 1 amide bonds. The number of alkyl halides is 1. The Kier molecular flexibility index (Phi) is 5.69. The Hall–Kier alpha value is -1.17. The molecule has 4 saturated carbocycles. The molecule has 0 aromatic carbocycles. The standard InChI is InChI=1S/C22H33ClN2O4/c1-21-9-7-15(26)13-14(21)3-4-16-17-5-6-19(22(17,2)10-8-18(16)21)29-20(27)25(24-28)12-11-23/h14,16-19H,3-13H2,1-2H3/t14-,16-,17-,18-,19-,21-,22-/m0/s1. The third-order valence-corrected chi connectivity index (χ3v) is 9.41. The van der Waals surface area contributed by atoms with Crippen LogP contribution >= 0.6 is 11.6 Å². The molecule has 6 nitrogen and oxygen atoms in total. The molecule has 7 atom stereocenters. The summed E-state index contributed by atoms with van der Waals surface area (Å²) in [5.74, 6) is 3.01. The molecule has 4 rings (SSSR count). The van der Waals surface area contributed by atoms with Gasteiger partial charge in [0.25, 0.3) is 0 Å². The van der Waals surface area contributed by atoms with Crippen molar-refractivity contribution in [1.82, 2.24) is 5.01 Å². The minimum absolute atomic E-state index is 0.0416. The number of nitrogens with zero attached hydrogens (tertiary/aromatic N) is 2. The zero-order chi connectivity index (χ0) is 20.8. The predicted octanol–water partition coefficient (Wildman–Crippen LogP) is 5.33. The van der Waals surface area contributed by atoms with Crippen LogP contribution in [-0.2, 0) is 9.53 Å². The molecule has 29 heavy (non-hydrogen) atoms. The van der Waals surface area contributed by atoms with Gasteiger partial charge in [-0.05, 0) is 74.0 Å². The molecule has 0 saturated heterocycles. The maximum Gasteiger partial charge on any atom is 0.433 e. The van der Waals surface area contributed by atoms with Crippen molar-refractivity contribution in [3.8, 4) is 0 Å². The lowest BCUT2D eigenvalue weighted by atomic mass is 9.45. The first-order valence-corrected chi connectivity index (χ1v) is 11.8. The maximum atomic E-state index is 12.4. The Morgan fingerprint density at radius 2 is 1.90 bits per heavy atom. The van der Waals surface area contributed by atoms with Gasteiger partial charge in [-0.15, -0.1) is 16.5 Å². The van der Waals surface area contributed by atoms with Crippen LogP contribution in [0.15, 0.2) is 5.29 Å². The molecule has 0 radical (unpaired) electrons. The lowest BCUT2D eigenvalue weighted by Gasteiger charge is -2.60. The summed E-state index contributed by atoms with van der Waals surface area (Å²) in [5, 5.41) is 3.56. The lowest BCUT2D eigenvalue weighted by Crippen LogP contribution is -2.54. The molecule has 4 aliphatic rings. The van der Waals surface area contributed by atoms with E-state index in [1.165, 1.54) is 6.42 Å². The van der Waals surface area contributed by atoms with E-state index >= 15 is 0 Å². The van der Waals surface area contributed by atoms with Crippen LogP contribution in [0.25, 0.3) is 0 Å². The second-order valence-electron chi connectivity index (χ2n) is 10.3. The smallest absolute Gasteiger partial charge is 0.433 e. The van der Waals surface area contributed by atoms with Crippen LogP contribution in [0.1, 0.15) is 71.6 Å². The van der Waals surface area contributed by atoms with Gasteiger partial charge in [0.05, 0.1) is 11.8 Å². The highest BCUT2D eigenvalue weighted by molar-refractivity contribution is 6.18. The van der Waals surface area contributed by atoms with Crippen molar-refractivity contribution in [2.45, 2.75) is 77.7 Å². The molecule has 162 valence electrons. The number of ether oxygens (including phenoxy) is 1. The average Bonchev–Trinajstić information content (AvgIpc) is 3.03. The first kappa shape index (κ1) is 21.1. The highest BCUT2D eigenvalue weighted by atomic mass is 35.5. The summed E-state index contributed by atoms with van der Waals surface area (Å²) in [6.07, 6.45) is 8.16. The van der Waals surface area contributed by atoms with Gasteiger partial charge < -0.3 is 4.74 Å². The van der Waals surface area contributed by atoms with Crippen molar-refractivity contribution in [2.24, 2.45) is 39.8 Å². The summed E-state index contributed by atoms with van der Waals surface area (Å²) in [7, 11) is 0. The van der Waals surface area contributed by atoms with E-state index in [9.17, 15) is 14.5 Å². The third kappa shape index (κ3) is 3.39. The fraction of sp³-hybridized carbons (Fsp3) is 0.909. The van der Waals surface area contributed by atoms with Gasteiger partial charge >= 0.3 is 6.09 Å². The van der Waals surface area contributed by atoms with Crippen molar-refractivity contribution in [1.29, 1.82) is 0 Å². The topological polar surface area (TPSA) is 76.0 Å². The summed E-state index contributed by atoms with van der Waals surface area (Å²) in [6.45, 7) is 4.79. The minimum Gasteiger partial charge on any atom is -0.444 e. The number of amides is 1. The van der Waals surface area contributed by atoms with Crippen LogP contribution in [0.3, 0.4) is 0 Å². The molecule has 0 aliphatic heterocycles. The van der Waals surface area contributed by atoms with Gasteiger partial charge in [0.15, 0.2) is 0 Å². The van der Waals surface area contributed by atoms with E-state index < -0.39 is 6.09 Å². The summed E-state index contributed by atoms with van der Waals surface area (Å²) in [5.41, 5.74) is 0.242. The summed E-state index contributed by atoms with van der Waals surface area (Å²) < 4.78 is 5.80. The largest absolute Gasteiger partial charge is 0.444 e. The Morgan fingerprint density at radius 3 is 2.62 bits per heavy atom. The lowest BCUT2D eigenvalue weighted by molar-refractivity contribution is -0.142. The van der Waals surface area contributed by atoms with Crippen LogP contribution in [0.2, 0.25) is 0 Å². The van der Waals surface area contributed by atoms with Crippen LogP contribution in [-0.4, -0.2) is 35.4 Å². The zero-order valence-corrected chi connectivity index (χ0v) is 18.3. The number of halogens is 1. The number of rotatable bonds is 4. The van der Waals surface area contributed by atoms with E-state index in [1.807, 2.05) is 0 Å². The van der Waals surface area contributed by atoms with Gasteiger partial charge in [-0.2, -0.15) is 5.01 Å². The Labute approximate surface area is 178 Å². The van der Waals surface area contributed by atoms with Crippen molar-refractivity contribution in [2.75, 3.05) is 12.4 Å². The predicted molar refractivity (Wildman–Crippen MR) is 110 cm³/mol. The molecular weight excluding hydrogens is 392 g/mol. The van der Waals surface area contributed by atoms with Gasteiger partial charge in [-0.3, -0.25) is 4.79 Å². The van der Waals surface area contributed by atoms with Crippen LogP contribution in [0.4, 0.5) is 4.79 Å². The SMILES string of the molecule is C[C@]12CCC(=O)C[C@@H]1CC[C@@H]1[C@@H]2CC[C@]2(C)[C@@H](OC(=O)N(CCCl)N=O)CC[C@@H]12. The molecule has 0 bridgehead atoms. The summed E-state index contributed by atoms with van der Waals surface area (Å²) in [6, 6.07) is 0. The monoisotopic (exact) mass is 424 g/mol. The fourth-order valence-corrected chi connectivity index (χ4v) is 7.78. The highest BCUT2D eigenvalue weighted by Gasteiger charge is 2.61. The third-order valence-electron chi connectivity index (χ3n) is 9.24. The second-order valence-corrected chi connectivity index (χ2v) is 10.7. The summed E-state index contributed by atoms with van der Waals surface area (Å²) in [4.78, 5) is 35.4. The first-order chi connectivity index (χ1) is 13.8. The second kappa shape index (κ2) is 7.82. The molecule has 4 aliphatic carbocycles. The molecule has 4 fully saturated rings. The van der Waals surface area contributed by atoms with Gasteiger partial charge in [-0.1, -0.05) is 13.8 Å². The minimum atomic E-state index is -0.670. The number of hydrogen-bond acceptors (Lipinski definition) is 5. The van der Waals surface area contributed by atoms with Gasteiger partial charge in [-0.25, -0.2) is 4.79 Å². The van der Waals surface area contributed by atoms with Crippen LogP contribution in [0, 0.1) is 39.4 Å². The van der Waals surface area contributed by atoms with Gasteiger partial charge in [0.1, 0.15) is 11.9 Å². The molecule has 0 aromatic heterocycles. The quantitative estimate of drug-likeness (QED) is 0.347. The van der Waals surface area contributed by atoms with Crippen LogP contribution in [0.5, 0.6) is 0 Å². The summed E-state index contributed by atoms with van der Waals surface area (Å²) >= 11 is 5.66. The Morgan fingerprint density at radius 1 is 1.14 bits per heavy atom. The highest BCUT2D eigenvalue weighted by Crippen LogP contribution is 2.66.